The van der Waals surface area contributed by atoms with E-state index in [0.29, 0.717) is 24.5 Å². The lowest BCUT2D eigenvalue weighted by Crippen LogP contribution is -2.38. The Morgan fingerprint density at radius 2 is 2.04 bits per heavy atom. The van der Waals surface area contributed by atoms with Crippen molar-refractivity contribution in [3.05, 3.63) is 41.2 Å². The van der Waals surface area contributed by atoms with Gasteiger partial charge in [-0.25, -0.2) is 0 Å². The third-order valence-corrected chi connectivity index (χ3v) is 4.63. The summed E-state index contributed by atoms with van der Waals surface area (Å²) in [6.07, 6.45) is 1.38. The molecule has 0 spiro atoms. The molecule has 1 aliphatic heterocycles. The monoisotopic (exact) mass is 359 g/mol. The van der Waals surface area contributed by atoms with Crippen molar-refractivity contribution in [3.8, 4) is 11.5 Å². The lowest BCUT2D eigenvalue weighted by molar-refractivity contribution is -0.136. The van der Waals surface area contributed by atoms with Crippen LogP contribution in [0.3, 0.4) is 0 Å². The molecule has 1 fully saturated rings. The number of aromatic nitrogens is 2. The lowest BCUT2D eigenvalue weighted by atomic mass is 9.93. The van der Waals surface area contributed by atoms with Crippen LogP contribution in [0.4, 0.5) is 0 Å². The Morgan fingerprint density at radius 1 is 1.31 bits per heavy atom. The van der Waals surface area contributed by atoms with Gasteiger partial charge >= 0.3 is 5.97 Å². The van der Waals surface area contributed by atoms with Gasteiger partial charge in [-0.3, -0.25) is 14.7 Å². The number of carbonyl (C=O) groups is 2. The van der Waals surface area contributed by atoms with E-state index >= 15 is 0 Å². The lowest BCUT2D eigenvalue weighted by Gasteiger charge is -2.31. The van der Waals surface area contributed by atoms with E-state index in [1.165, 1.54) is 19.2 Å². The average molecular weight is 359 g/mol. The molecule has 0 bridgehead atoms. The third-order valence-electron chi connectivity index (χ3n) is 4.63. The molecule has 138 valence electrons. The highest BCUT2D eigenvalue weighted by molar-refractivity contribution is 5.97. The molecule has 8 nitrogen and oxygen atoms in total. The number of carboxylic acid groups (broad SMARTS) is 1. The zero-order valence-electron chi connectivity index (χ0n) is 14.4. The number of benzene rings is 1. The van der Waals surface area contributed by atoms with Gasteiger partial charge < -0.3 is 19.8 Å². The maximum Gasteiger partial charge on any atom is 0.309 e. The fourth-order valence-electron chi connectivity index (χ4n) is 3.20. The van der Waals surface area contributed by atoms with Gasteiger partial charge in [-0.1, -0.05) is 0 Å². The van der Waals surface area contributed by atoms with Crippen LogP contribution in [-0.2, 0) is 11.2 Å². The number of H-pyrrole nitrogens is 1. The number of nitrogens with zero attached hydrogens (tertiary/aromatic N) is 2. The highest BCUT2D eigenvalue weighted by atomic mass is 16.5. The van der Waals surface area contributed by atoms with Gasteiger partial charge in [-0.05, 0) is 37.1 Å². The smallest absolute Gasteiger partial charge is 0.309 e. The number of phenolic OH excluding ortho intramolecular Hbond substituents is 1. The maximum atomic E-state index is 12.7. The van der Waals surface area contributed by atoms with Crippen LogP contribution in [0.5, 0.6) is 11.5 Å². The number of aromatic hydroxyl groups is 1. The predicted molar refractivity (Wildman–Crippen MR) is 92.5 cm³/mol. The highest BCUT2D eigenvalue weighted by Gasteiger charge is 2.27. The molecule has 0 unspecified atom stereocenters. The van der Waals surface area contributed by atoms with Gasteiger partial charge in [-0.2, -0.15) is 5.10 Å². The van der Waals surface area contributed by atoms with E-state index in [2.05, 4.69) is 10.2 Å². The second-order valence-electron chi connectivity index (χ2n) is 6.34. The number of nitrogens with one attached hydrogen (secondary N) is 1. The van der Waals surface area contributed by atoms with Crippen LogP contribution in [0, 0.1) is 0 Å². The van der Waals surface area contributed by atoms with Gasteiger partial charge in [0.15, 0.2) is 0 Å². The van der Waals surface area contributed by atoms with Crippen molar-refractivity contribution < 1.29 is 24.5 Å². The minimum atomic E-state index is -0.904. The van der Waals surface area contributed by atoms with E-state index in [0.717, 1.165) is 18.5 Å². The number of phenols is 1. The molecule has 0 radical (unpaired) electrons. The van der Waals surface area contributed by atoms with E-state index in [1.54, 1.807) is 17.0 Å². The fraction of sp³-hybridized carbons (Fsp3) is 0.389. The number of likely N-dealkylation sites (tertiary alicyclic amines) is 1. The summed E-state index contributed by atoms with van der Waals surface area (Å²) in [5.41, 5.74) is 1.64. The molecule has 0 atom stereocenters. The maximum absolute atomic E-state index is 12.7. The Morgan fingerprint density at radius 3 is 2.69 bits per heavy atom. The molecule has 1 amide bonds. The number of carbonyl (C=O) groups excluding carboxylic acids is 1. The largest absolute Gasteiger partial charge is 0.507 e. The van der Waals surface area contributed by atoms with Crippen LogP contribution in [-0.4, -0.2) is 57.4 Å². The molecular weight excluding hydrogens is 338 g/mol. The number of piperidine rings is 1. The normalized spacial score (nSPS) is 15.0. The molecule has 1 aromatic heterocycles. The minimum absolute atomic E-state index is 0.0662. The molecule has 2 heterocycles. The number of amides is 1. The molecule has 2 aromatic rings. The summed E-state index contributed by atoms with van der Waals surface area (Å²) in [5.74, 6) is -0.504. The second-order valence-corrected chi connectivity index (χ2v) is 6.34. The van der Waals surface area contributed by atoms with Gasteiger partial charge in [0.1, 0.15) is 11.5 Å². The molecule has 3 rings (SSSR count). The molecule has 26 heavy (non-hydrogen) atoms. The number of aliphatic carboxylic acids is 1. The SMILES string of the molecule is COc1ccc(O)c(C(=O)N2CCC(c3cc(CC(=O)O)[nH]n3)CC2)c1. The van der Waals surface area contributed by atoms with Gasteiger partial charge in [0.2, 0.25) is 0 Å². The summed E-state index contributed by atoms with van der Waals surface area (Å²) >= 11 is 0. The van der Waals surface area contributed by atoms with Crippen LogP contribution in [0.1, 0.15) is 40.5 Å². The minimum Gasteiger partial charge on any atom is -0.507 e. The van der Waals surface area contributed by atoms with Crippen LogP contribution >= 0.6 is 0 Å². The molecule has 1 saturated heterocycles. The first-order chi connectivity index (χ1) is 12.5. The van der Waals surface area contributed by atoms with Crippen LogP contribution in [0.25, 0.3) is 0 Å². The summed E-state index contributed by atoms with van der Waals surface area (Å²) in [7, 11) is 1.51. The van der Waals surface area contributed by atoms with E-state index in [9.17, 15) is 14.7 Å². The van der Waals surface area contributed by atoms with Gasteiger partial charge in [0.25, 0.3) is 5.91 Å². The predicted octanol–water partition coefficient (Wildman–Crippen LogP) is 1.77. The van der Waals surface area contributed by atoms with Gasteiger partial charge in [0, 0.05) is 24.7 Å². The first-order valence-electron chi connectivity index (χ1n) is 8.40. The molecule has 8 heteroatoms. The summed E-state index contributed by atoms with van der Waals surface area (Å²) in [6.45, 7) is 1.09. The van der Waals surface area contributed by atoms with Crippen molar-refractivity contribution in [1.82, 2.24) is 15.1 Å². The fourth-order valence-corrected chi connectivity index (χ4v) is 3.20. The van der Waals surface area contributed by atoms with Crippen molar-refractivity contribution in [2.45, 2.75) is 25.2 Å². The number of hydrogen-bond donors (Lipinski definition) is 3. The summed E-state index contributed by atoms with van der Waals surface area (Å²) in [4.78, 5) is 25.1. The van der Waals surface area contributed by atoms with Crippen LogP contribution < -0.4 is 4.74 Å². The Balaban J connectivity index is 1.64. The molecule has 0 saturated carbocycles. The molecule has 3 N–H and O–H groups in total. The molecule has 1 aliphatic rings. The Bertz CT molecular complexity index is 809. The Kier molecular flexibility index (Phi) is 5.11. The van der Waals surface area contributed by atoms with Gasteiger partial charge in [0.05, 0.1) is 24.8 Å². The quantitative estimate of drug-likeness (QED) is 0.749. The highest BCUT2D eigenvalue weighted by Crippen LogP contribution is 2.30. The summed E-state index contributed by atoms with van der Waals surface area (Å²) in [5, 5.41) is 25.8. The first kappa shape index (κ1) is 17.8. The molecule has 1 aromatic carbocycles. The third kappa shape index (κ3) is 3.79. The zero-order valence-corrected chi connectivity index (χ0v) is 14.4. The standard InChI is InChI=1S/C18H21N3O5/c1-26-13-2-3-16(22)14(10-13)18(25)21-6-4-11(5-7-21)15-8-12(19-20-15)9-17(23)24/h2-3,8,10-11,22H,4-7,9H2,1H3,(H,19,20)(H,23,24). The van der Waals surface area contributed by atoms with E-state index in [1.807, 2.05) is 0 Å². The number of ether oxygens (including phenoxy) is 1. The van der Waals surface area contributed by atoms with Crippen molar-refractivity contribution in [3.63, 3.8) is 0 Å². The van der Waals surface area contributed by atoms with Crippen LogP contribution in [0.15, 0.2) is 24.3 Å². The molecular formula is C18H21N3O5. The van der Waals surface area contributed by atoms with Crippen molar-refractivity contribution in [2.75, 3.05) is 20.2 Å². The van der Waals surface area contributed by atoms with Crippen molar-refractivity contribution in [1.29, 1.82) is 0 Å². The first-order valence-corrected chi connectivity index (χ1v) is 8.40. The zero-order chi connectivity index (χ0) is 18.7. The van der Waals surface area contributed by atoms with Crippen molar-refractivity contribution >= 4 is 11.9 Å². The average Bonchev–Trinajstić information content (AvgIpc) is 3.09. The van der Waals surface area contributed by atoms with Gasteiger partial charge in [-0.15, -0.1) is 0 Å². The number of rotatable bonds is 5. The Hall–Kier alpha value is -3.03. The summed E-state index contributed by atoms with van der Waals surface area (Å²) < 4.78 is 5.12. The number of hydrogen-bond acceptors (Lipinski definition) is 5. The Labute approximate surface area is 150 Å². The number of methoxy groups -OCH3 is 1. The van der Waals surface area contributed by atoms with E-state index < -0.39 is 5.97 Å². The van der Waals surface area contributed by atoms with E-state index in [-0.39, 0.29) is 29.6 Å². The molecule has 0 aliphatic carbocycles. The van der Waals surface area contributed by atoms with Crippen LogP contribution in [0.2, 0.25) is 0 Å². The number of carboxylic acids is 1. The topological polar surface area (TPSA) is 116 Å². The summed E-state index contributed by atoms with van der Waals surface area (Å²) in [6, 6.07) is 6.37. The van der Waals surface area contributed by atoms with Crippen molar-refractivity contribution in [2.24, 2.45) is 0 Å². The van der Waals surface area contributed by atoms with E-state index in [4.69, 9.17) is 9.84 Å². The second kappa shape index (κ2) is 7.47. The number of aromatic amines is 1.